The topological polar surface area (TPSA) is 54.3 Å². The molecule has 2 aromatic heterocycles. The third-order valence-electron chi connectivity index (χ3n) is 4.51. The first-order valence-electron chi connectivity index (χ1n) is 8.46. The minimum absolute atomic E-state index is 0.0494. The van der Waals surface area contributed by atoms with Crippen LogP contribution < -0.4 is 4.90 Å². The zero-order valence-electron chi connectivity index (χ0n) is 14.9. The minimum Gasteiger partial charge on any atom is -0.506 e. The minimum atomic E-state index is -0.340. The molecular formula is C20H17ClN4O2. The van der Waals surface area contributed by atoms with Gasteiger partial charge in [0.1, 0.15) is 22.5 Å². The number of nitrogens with zero attached hydrogens (tertiary/aromatic N) is 4. The molecule has 0 saturated heterocycles. The van der Waals surface area contributed by atoms with Gasteiger partial charge in [-0.05, 0) is 49.2 Å². The fourth-order valence-electron chi connectivity index (χ4n) is 3.22. The van der Waals surface area contributed by atoms with Crippen LogP contribution in [0.5, 0.6) is 5.75 Å². The highest BCUT2D eigenvalue weighted by Crippen LogP contribution is 2.36. The number of hydrogen-bond acceptors (Lipinski definition) is 2. The maximum Gasteiger partial charge on any atom is 0.262 e. The highest BCUT2D eigenvalue weighted by Gasteiger charge is 2.27. The van der Waals surface area contributed by atoms with E-state index in [9.17, 15) is 9.90 Å². The van der Waals surface area contributed by atoms with Crippen LogP contribution in [0.4, 0.5) is 5.69 Å². The monoisotopic (exact) mass is 380 g/mol. The van der Waals surface area contributed by atoms with Crippen LogP contribution in [-0.2, 0) is 11.2 Å². The predicted octanol–water partition coefficient (Wildman–Crippen LogP) is 3.84. The molecule has 0 aliphatic rings. The Balaban J connectivity index is 1.85. The van der Waals surface area contributed by atoms with Gasteiger partial charge < -0.3 is 5.11 Å². The first kappa shape index (κ1) is 17.1. The van der Waals surface area contributed by atoms with Gasteiger partial charge in [-0.25, -0.2) is 4.90 Å². The van der Waals surface area contributed by atoms with Gasteiger partial charge in [0.05, 0.1) is 5.69 Å². The van der Waals surface area contributed by atoms with Gasteiger partial charge in [-0.1, -0.05) is 31.0 Å². The molecule has 7 heteroatoms. The van der Waals surface area contributed by atoms with Crippen molar-refractivity contribution in [3.8, 4) is 23.4 Å². The molecule has 0 radical (unpaired) electrons. The van der Waals surface area contributed by atoms with E-state index in [0.717, 1.165) is 16.6 Å². The number of carbonyl (C=O) groups excluding carboxylic acids is 1. The highest BCUT2D eigenvalue weighted by molar-refractivity contribution is 6.31. The van der Waals surface area contributed by atoms with Crippen molar-refractivity contribution >= 4 is 34.2 Å². The zero-order chi connectivity index (χ0) is 19.3. The molecule has 0 aliphatic heterocycles. The molecule has 0 saturated carbocycles. The summed E-state index contributed by atoms with van der Waals surface area (Å²) < 4.78 is 3.84. The van der Waals surface area contributed by atoms with Crippen LogP contribution in [-0.4, -0.2) is 25.1 Å². The lowest BCUT2D eigenvalue weighted by molar-refractivity contribution is -0.113. The molecule has 2 heterocycles. The van der Waals surface area contributed by atoms with Gasteiger partial charge in [-0.15, -0.1) is 14.1 Å². The molecule has 1 N–H and O–H groups in total. The number of phenolic OH excluding ortho intramolecular Hbond substituents is 1. The van der Waals surface area contributed by atoms with E-state index in [2.05, 4.69) is 18.5 Å². The van der Waals surface area contributed by atoms with E-state index in [0.29, 0.717) is 22.8 Å². The van der Waals surface area contributed by atoms with Crippen LogP contribution in [0.25, 0.3) is 16.7 Å². The fraction of sp³-hybridized carbons (Fsp3) is 0.150. The number of aryl methyl sites for hydroxylation is 1. The van der Waals surface area contributed by atoms with Crippen molar-refractivity contribution in [3.63, 3.8) is 0 Å². The number of aromatic nitrogens is 3. The third-order valence-corrected chi connectivity index (χ3v) is 4.74. The number of amides is 1. The number of anilines is 1. The molecule has 0 atom stereocenters. The number of halogens is 1. The summed E-state index contributed by atoms with van der Waals surface area (Å²) in [7, 11) is 0. The summed E-state index contributed by atoms with van der Waals surface area (Å²) in [5.74, 6) is 2.44. The summed E-state index contributed by atoms with van der Waals surface area (Å²) >= 11 is 6.06. The quantitative estimate of drug-likeness (QED) is 0.332. The predicted molar refractivity (Wildman–Crippen MR) is 106 cm³/mol. The Labute approximate surface area is 160 Å². The van der Waals surface area contributed by atoms with Crippen molar-refractivity contribution in [2.45, 2.75) is 20.3 Å². The molecule has 0 fully saturated rings. The lowest BCUT2D eigenvalue weighted by atomic mass is 10.1. The maximum atomic E-state index is 12.2. The molecule has 2 aromatic carbocycles. The molecule has 1 amide bonds. The average Bonchev–Trinajstić information content (AvgIpc) is 3.32. The third kappa shape index (κ3) is 2.47. The summed E-state index contributed by atoms with van der Waals surface area (Å²) in [5.41, 5.74) is 4.05. The first-order chi connectivity index (χ1) is 13.0. The van der Waals surface area contributed by atoms with E-state index in [1.807, 2.05) is 45.2 Å². The Morgan fingerprint density at radius 3 is 2.70 bits per heavy atom. The second-order valence-corrected chi connectivity index (χ2v) is 6.50. The lowest BCUT2D eigenvalue weighted by Gasteiger charge is -2.18. The Hall–Kier alpha value is -3.30. The Morgan fingerprint density at radius 1 is 1.30 bits per heavy atom. The molecule has 4 aromatic rings. The largest absolute Gasteiger partial charge is 0.506 e. The van der Waals surface area contributed by atoms with Crippen molar-refractivity contribution < 1.29 is 9.90 Å². The Morgan fingerprint density at radius 2 is 2.04 bits per heavy atom. The van der Waals surface area contributed by atoms with Gasteiger partial charge >= 0.3 is 0 Å². The van der Waals surface area contributed by atoms with Gasteiger partial charge in [0, 0.05) is 17.1 Å². The van der Waals surface area contributed by atoms with Crippen molar-refractivity contribution in [3.05, 3.63) is 53.6 Å². The molecule has 0 bridgehead atoms. The number of hydrogen-bond donors (Lipinski definition) is 1. The van der Waals surface area contributed by atoms with E-state index >= 15 is 0 Å². The van der Waals surface area contributed by atoms with Crippen molar-refractivity contribution in [2.24, 2.45) is 0 Å². The Bertz CT molecular complexity index is 1250. The van der Waals surface area contributed by atoms with Crippen LogP contribution in [0.2, 0.25) is 5.02 Å². The van der Waals surface area contributed by atoms with Gasteiger partial charge in [-0.2, -0.15) is 0 Å². The fourth-order valence-corrected chi connectivity index (χ4v) is 3.38. The zero-order valence-corrected chi connectivity index (χ0v) is 15.7. The molecule has 136 valence electrons. The molecule has 0 spiro atoms. The SMILES string of the molecule is C=CC(=O)N(C#CC)c1cc(O)c(-n2n3c4ccc(Cl)cc4n23)cc1CC. The molecule has 0 aliphatic carbocycles. The van der Waals surface area contributed by atoms with E-state index in [1.54, 1.807) is 13.0 Å². The van der Waals surface area contributed by atoms with Gasteiger partial charge in [0.15, 0.2) is 0 Å². The summed E-state index contributed by atoms with van der Waals surface area (Å²) in [4.78, 5) is 15.4. The summed E-state index contributed by atoms with van der Waals surface area (Å²) in [5, 5.41) is 11.3. The number of benzene rings is 2. The average molecular weight is 381 g/mol. The summed E-state index contributed by atoms with van der Waals surface area (Å²) in [6.45, 7) is 7.17. The molecule has 4 rings (SSSR count). The highest BCUT2D eigenvalue weighted by atomic mass is 35.5. The van der Waals surface area contributed by atoms with Crippen molar-refractivity contribution in [2.75, 3.05) is 4.90 Å². The van der Waals surface area contributed by atoms with Crippen LogP contribution in [0.1, 0.15) is 19.4 Å². The number of rotatable bonds is 4. The number of phenols is 1. The maximum absolute atomic E-state index is 12.2. The molecule has 6 nitrogen and oxygen atoms in total. The van der Waals surface area contributed by atoms with Crippen LogP contribution in [0, 0.1) is 12.0 Å². The number of aromatic hydroxyl groups is 1. The van der Waals surface area contributed by atoms with Crippen molar-refractivity contribution in [1.82, 2.24) is 14.1 Å². The van der Waals surface area contributed by atoms with Gasteiger partial charge in [-0.3, -0.25) is 4.79 Å². The van der Waals surface area contributed by atoms with E-state index in [-0.39, 0.29) is 11.7 Å². The lowest BCUT2D eigenvalue weighted by Crippen LogP contribution is -2.24. The van der Waals surface area contributed by atoms with Crippen LogP contribution >= 0.6 is 11.6 Å². The molecule has 27 heavy (non-hydrogen) atoms. The Kier molecular flexibility index (Phi) is 3.90. The molecule has 0 unspecified atom stereocenters. The normalized spacial score (nSPS) is 11.1. The smallest absolute Gasteiger partial charge is 0.262 e. The van der Waals surface area contributed by atoms with E-state index in [1.165, 1.54) is 11.0 Å². The van der Waals surface area contributed by atoms with E-state index in [4.69, 9.17) is 11.6 Å². The number of fused-ring (bicyclic) bond motifs is 4. The number of carbonyl (C=O) groups is 1. The van der Waals surface area contributed by atoms with Crippen LogP contribution in [0.15, 0.2) is 43.0 Å². The summed E-state index contributed by atoms with van der Waals surface area (Å²) in [6, 6.07) is 11.8. The second kappa shape index (κ2) is 6.15. The van der Waals surface area contributed by atoms with Gasteiger partial charge in [0.2, 0.25) is 0 Å². The molecular weight excluding hydrogens is 364 g/mol. The van der Waals surface area contributed by atoms with E-state index < -0.39 is 0 Å². The standard InChI is InChI=1S/C20H17ClN4O2/c1-4-9-22(20(27)6-3)16-12-19(26)18(10-13(16)5-2)25-23-15-8-7-14(21)11-17(15)24(23)25/h6-8,10-12,26H,3,5H2,1-2H3. The van der Waals surface area contributed by atoms with Gasteiger partial charge in [0.25, 0.3) is 5.91 Å². The second-order valence-electron chi connectivity index (χ2n) is 6.06. The first-order valence-corrected chi connectivity index (χ1v) is 8.84. The van der Waals surface area contributed by atoms with Crippen LogP contribution in [0.3, 0.4) is 0 Å². The van der Waals surface area contributed by atoms with Crippen molar-refractivity contribution in [1.29, 1.82) is 0 Å². The summed E-state index contributed by atoms with van der Waals surface area (Å²) in [6.07, 6.45) is 1.87.